The minimum atomic E-state index is -0.576. The van der Waals surface area contributed by atoms with Gasteiger partial charge in [0, 0.05) is 12.3 Å². The summed E-state index contributed by atoms with van der Waals surface area (Å²) in [5.74, 6) is -0.354. The van der Waals surface area contributed by atoms with E-state index in [0.717, 1.165) is 25.7 Å². The maximum atomic E-state index is 12.5. The SMILES string of the molecule is CCCCCC[C@H](CN(O)C=O)C(=O)NCNC(=O)c1ccc(-c2cc(OC)ccn2)o1. The fraction of sp³-hybridized carbons (Fsp3) is 0.455. The number of carbonyl (C=O) groups excluding carboxylic acids is 3. The average Bonchev–Trinajstić information content (AvgIpc) is 3.31. The molecule has 3 amide bonds. The quantitative estimate of drug-likeness (QED) is 0.133. The van der Waals surface area contributed by atoms with E-state index in [-0.39, 0.29) is 31.3 Å². The van der Waals surface area contributed by atoms with Gasteiger partial charge in [0.05, 0.1) is 26.2 Å². The first-order valence-electron chi connectivity index (χ1n) is 10.6. The van der Waals surface area contributed by atoms with Crippen LogP contribution in [0.15, 0.2) is 34.9 Å². The molecule has 2 aromatic rings. The fourth-order valence-corrected chi connectivity index (χ4v) is 3.11. The minimum absolute atomic E-state index is 0.0671. The first-order valence-corrected chi connectivity index (χ1v) is 10.6. The van der Waals surface area contributed by atoms with Crippen LogP contribution in [-0.4, -0.2) is 53.8 Å². The van der Waals surface area contributed by atoms with E-state index in [0.29, 0.717) is 28.7 Å². The predicted molar refractivity (Wildman–Crippen MR) is 116 cm³/mol. The number of rotatable bonds is 14. The smallest absolute Gasteiger partial charge is 0.288 e. The summed E-state index contributed by atoms with van der Waals surface area (Å²) in [7, 11) is 1.54. The summed E-state index contributed by atoms with van der Waals surface area (Å²) < 4.78 is 10.7. The number of amides is 3. The Morgan fingerprint density at radius 3 is 2.78 bits per heavy atom. The molecule has 10 heteroatoms. The normalized spacial score (nSPS) is 11.5. The number of carbonyl (C=O) groups is 3. The second-order valence-electron chi connectivity index (χ2n) is 7.24. The highest BCUT2D eigenvalue weighted by Gasteiger charge is 2.21. The molecule has 0 aliphatic rings. The van der Waals surface area contributed by atoms with Crippen LogP contribution < -0.4 is 15.4 Å². The largest absolute Gasteiger partial charge is 0.497 e. The topological polar surface area (TPSA) is 134 Å². The van der Waals surface area contributed by atoms with Gasteiger partial charge in [-0.15, -0.1) is 0 Å². The van der Waals surface area contributed by atoms with Crippen molar-refractivity contribution in [1.29, 1.82) is 0 Å². The van der Waals surface area contributed by atoms with Crippen LogP contribution in [-0.2, 0) is 9.59 Å². The maximum Gasteiger partial charge on any atom is 0.288 e. The van der Waals surface area contributed by atoms with Gasteiger partial charge in [-0.2, -0.15) is 0 Å². The fourth-order valence-electron chi connectivity index (χ4n) is 3.11. The lowest BCUT2D eigenvalue weighted by molar-refractivity contribution is -0.154. The Balaban J connectivity index is 1.87. The van der Waals surface area contributed by atoms with Crippen molar-refractivity contribution < 1.29 is 28.7 Å². The molecule has 174 valence electrons. The van der Waals surface area contributed by atoms with Crippen molar-refractivity contribution in [2.75, 3.05) is 20.3 Å². The van der Waals surface area contributed by atoms with Crippen LogP contribution in [0, 0.1) is 5.92 Å². The Kier molecular flexibility index (Phi) is 10.2. The maximum absolute atomic E-state index is 12.5. The molecule has 1 atom stereocenters. The summed E-state index contributed by atoms with van der Waals surface area (Å²) in [6.07, 6.45) is 6.25. The molecular weight excluding hydrogens is 416 g/mol. The highest BCUT2D eigenvalue weighted by molar-refractivity contribution is 5.92. The highest BCUT2D eigenvalue weighted by atomic mass is 16.5. The lowest BCUT2D eigenvalue weighted by Crippen LogP contribution is -2.42. The van der Waals surface area contributed by atoms with E-state index in [1.807, 2.05) is 0 Å². The Hall–Kier alpha value is -3.40. The number of nitrogens with zero attached hydrogens (tertiary/aromatic N) is 2. The monoisotopic (exact) mass is 446 g/mol. The van der Waals surface area contributed by atoms with Gasteiger partial charge in [-0.05, 0) is 24.6 Å². The number of unbranched alkanes of at least 4 members (excludes halogenated alkanes) is 3. The first kappa shape index (κ1) is 24.9. The predicted octanol–water partition coefficient (Wildman–Crippen LogP) is 2.59. The van der Waals surface area contributed by atoms with E-state index in [2.05, 4.69) is 22.5 Å². The van der Waals surface area contributed by atoms with E-state index >= 15 is 0 Å². The molecule has 2 heterocycles. The summed E-state index contributed by atoms with van der Waals surface area (Å²) in [6, 6.07) is 6.52. The van der Waals surface area contributed by atoms with E-state index < -0.39 is 11.8 Å². The number of pyridine rings is 1. The van der Waals surface area contributed by atoms with Gasteiger partial charge < -0.3 is 19.8 Å². The standard InChI is InChI=1S/C22H30N4O6/c1-3-4-5-6-7-16(13-26(30)15-27)21(28)24-14-25-22(29)20-9-8-19(32-20)18-12-17(31-2)10-11-23-18/h8-12,15-16,30H,3-7,13-14H2,1-2H3,(H,24,28)(H,25,29)/t16-/m1/s1. The lowest BCUT2D eigenvalue weighted by Gasteiger charge is -2.19. The third-order valence-electron chi connectivity index (χ3n) is 4.87. The summed E-state index contributed by atoms with van der Waals surface area (Å²) in [4.78, 5) is 39.7. The molecule has 0 saturated heterocycles. The molecule has 32 heavy (non-hydrogen) atoms. The third kappa shape index (κ3) is 7.69. The number of furan rings is 1. The van der Waals surface area contributed by atoms with Crippen LogP contribution in [0.25, 0.3) is 11.5 Å². The highest BCUT2D eigenvalue weighted by Crippen LogP contribution is 2.23. The molecule has 0 unspecified atom stereocenters. The van der Waals surface area contributed by atoms with Crippen LogP contribution in [0.3, 0.4) is 0 Å². The van der Waals surface area contributed by atoms with Crippen molar-refractivity contribution in [2.45, 2.75) is 39.0 Å². The number of ether oxygens (including phenoxy) is 1. The van der Waals surface area contributed by atoms with Crippen molar-refractivity contribution in [2.24, 2.45) is 5.92 Å². The van der Waals surface area contributed by atoms with Gasteiger partial charge in [0.1, 0.15) is 11.4 Å². The number of nitrogens with one attached hydrogen (secondary N) is 2. The van der Waals surface area contributed by atoms with Crippen molar-refractivity contribution in [3.63, 3.8) is 0 Å². The zero-order valence-corrected chi connectivity index (χ0v) is 18.4. The summed E-state index contributed by atoms with van der Waals surface area (Å²) in [5.41, 5.74) is 0.520. The number of hydrogen-bond donors (Lipinski definition) is 3. The van der Waals surface area contributed by atoms with Crippen LogP contribution in [0.2, 0.25) is 0 Å². The molecule has 0 bridgehead atoms. The Bertz CT molecular complexity index is 885. The van der Waals surface area contributed by atoms with Gasteiger partial charge in [-0.1, -0.05) is 32.6 Å². The molecule has 3 N–H and O–H groups in total. The minimum Gasteiger partial charge on any atom is -0.497 e. The Morgan fingerprint density at radius 2 is 2.06 bits per heavy atom. The van der Waals surface area contributed by atoms with Crippen LogP contribution >= 0.6 is 0 Å². The van der Waals surface area contributed by atoms with Crippen molar-refractivity contribution in [3.8, 4) is 17.2 Å². The Labute approximate surface area is 186 Å². The van der Waals surface area contributed by atoms with E-state index in [1.54, 1.807) is 31.5 Å². The number of aromatic nitrogens is 1. The zero-order chi connectivity index (χ0) is 23.3. The molecule has 0 saturated carbocycles. The molecule has 10 nitrogen and oxygen atoms in total. The van der Waals surface area contributed by atoms with Gasteiger partial charge in [0.15, 0.2) is 11.5 Å². The third-order valence-corrected chi connectivity index (χ3v) is 4.87. The van der Waals surface area contributed by atoms with Crippen LogP contribution in [0.4, 0.5) is 0 Å². The van der Waals surface area contributed by atoms with Crippen molar-refractivity contribution in [3.05, 3.63) is 36.2 Å². The van der Waals surface area contributed by atoms with Gasteiger partial charge in [0.2, 0.25) is 12.3 Å². The van der Waals surface area contributed by atoms with Gasteiger partial charge in [-0.3, -0.25) is 24.6 Å². The molecule has 2 aromatic heterocycles. The Morgan fingerprint density at radius 1 is 1.25 bits per heavy atom. The molecule has 0 aromatic carbocycles. The van der Waals surface area contributed by atoms with E-state index in [1.165, 1.54) is 6.07 Å². The number of hydrogen-bond acceptors (Lipinski definition) is 7. The lowest BCUT2D eigenvalue weighted by atomic mass is 9.99. The first-order chi connectivity index (χ1) is 15.5. The van der Waals surface area contributed by atoms with Crippen molar-refractivity contribution in [1.82, 2.24) is 20.7 Å². The van der Waals surface area contributed by atoms with Gasteiger partial charge in [-0.25, -0.2) is 5.06 Å². The van der Waals surface area contributed by atoms with E-state index in [9.17, 15) is 19.6 Å². The summed E-state index contributed by atoms with van der Waals surface area (Å²) in [5, 5.41) is 15.1. The summed E-state index contributed by atoms with van der Waals surface area (Å²) in [6.45, 7) is 1.86. The molecule has 0 spiro atoms. The zero-order valence-electron chi connectivity index (χ0n) is 18.4. The molecule has 0 aliphatic carbocycles. The second kappa shape index (κ2) is 13.1. The van der Waals surface area contributed by atoms with Crippen LogP contribution in [0.1, 0.15) is 49.6 Å². The number of methoxy groups -OCH3 is 1. The molecular formula is C22H30N4O6. The second-order valence-corrected chi connectivity index (χ2v) is 7.24. The van der Waals surface area contributed by atoms with Crippen LogP contribution in [0.5, 0.6) is 5.75 Å². The molecule has 0 fully saturated rings. The molecule has 0 radical (unpaired) electrons. The van der Waals surface area contributed by atoms with Gasteiger partial charge in [0.25, 0.3) is 5.91 Å². The molecule has 0 aliphatic heterocycles. The van der Waals surface area contributed by atoms with Gasteiger partial charge >= 0.3 is 0 Å². The summed E-state index contributed by atoms with van der Waals surface area (Å²) >= 11 is 0. The average molecular weight is 447 g/mol. The molecule has 2 rings (SSSR count). The van der Waals surface area contributed by atoms with E-state index in [4.69, 9.17) is 9.15 Å². The number of hydroxylamine groups is 2. The van der Waals surface area contributed by atoms with Crippen molar-refractivity contribution >= 4 is 18.2 Å².